The van der Waals surface area contributed by atoms with Crippen molar-refractivity contribution in [2.45, 2.75) is 25.4 Å². The molecule has 0 spiro atoms. The van der Waals surface area contributed by atoms with Crippen molar-refractivity contribution >= 4 is 17.6 Å². The molecule has 5 rings (SSSR count). The number of nitrogens with zero attached hydrogens (tertiary/aromatic N) is 3. The summed E-state index contributed by atoms with van der Waals surface area (Å²) >= 11 is 0. The Bertz CT molecular complexity index is 1040. The predicted octanol–water partition coefficient (Wildman–Crippen LogP) is 2.37. The fourth-order valence-corrected chi connectivity index (χ4v) is 4.96. The van der Waals surface area contributed by atoms with Crippen LogP contribution in [-0.2, 0) is 16.1 Å². The van der Waals surface area contributed by atoms with Gasteiger partial charge in [0.15, 0.2) is 11.5 Å². The maximum atomic E-state index is 9.10. The standard InChI is InChI=1S/C24H31N3O3.C2H2O4/c1-28-22-5-3-2-4-21(22)27-14-12-26(13-15-27)20-8-10-25(11-9-20)17-19-6-7-23-24(16-19)30-18-29-23;3-1(4)2(5)6/h2-7,16,20H,8-15,17-18H2,1H3;(H,3,4)(H,5,6). The fraction of sp³-hybridized carbons (Fsp3) is 0.462. The quantitative estimate of drug-likeness (QED) is 0.595. The van der Waals surface area contributed by atoms with Gasteiger partial charge in [-0.3, -0.25) is 9.80 Å². The number of likely N-dealkylation sites (tertiary alicyclic amines) is 1. The van der Waals surface area contributed by atoms with Crippen LogP contribution in [-0.4, -0.2) is 91.2 Å². The van der Waals surface area contributed by atoms with Crippen LogP contribution < -0.4 is 19.1 Å². The van der Waals surface area contributed by atoms with Crippen LogP contribution in [0.5, 0.6) is 17.2 Å². The number of fused-ring (bicyclic) bond motifs is 1. The molecule has 10 heteroatoms. The molecule has 10 nitrogen and oxygen atoms in total. The zero-order chi connectivity index (χ0) is 25.5. The summed E-state index contributed by atoms with van der Waals surface area (Å²) in [5.74, 6) is -0.923. The third-order valence-corrected chi connectivity index (χ3v) is 6.84. The highest BCUT2D eigenvalue weighted by Gasteiger charge is 2.28. The Morgan fingerprint density at radius 1 is 0.917 bits per heavy atom. The zero-order valence-corrected chi connectivity index (χ0v) is 20.5. The van der Waals surface area contributed by atoms with Crippen LogP contribution in [0.3, 0.4) is 0 Å². The second kappa shape index (κ2) is 12.0. The highest BCUT2D eigenvalue weighted by atomic mass is 16.7. The van der Waals surface area contributed by atoms with Crippen LogP contribution in [0.1, 0.15) is 18.4 Å². The first kappa shape index (κ1) is 25.6. The summed E-state index contributed by atoms with van der Waals surface area (Å²) in [6, 6.07) is 15.4. The summed E-state index contributed by atoms with van der Waals surface area (Å²) < 4.78 is 16.5. The molecule has 194 valence electrons. The molecule has 3 aliphatic heterocycles. The number of rotatable bonds is 5. The molecule has 0 atom stereocenters. The van der Waals surface area contributed by atoms with Gasteiger partial charge in [0, 0.05) is 38.8 Å². The normalized spacial score (nSPS) is 18.3. The zero-order valence-electron chi connectivity index (χ0n) is 20.5. The Balaban J connectivity index is 0.000000455. The Labute approximate surface area is 210 Å². The van der Waals surface area contributed by atoms with Crippen LogP contribution in [0.15, 0.2) is 42.5 Å². The monoisotopic (exact) mass is 499 g/mol. The number of carboxylic acid groups (broad SMARTS) is 2. The molecular formula is C26H33N3O7. The van der Waals surface area contributed by atoms with Crippen molar-refractivity contribution in [1.29, 1.82) is 0 Å². The molecule has 0 aliphatic carbocycles. The third-order valence-electron chi connectivity index (χ3n) is 6.84. The Hall–Kier alpha value is -3.50. The Morgan fingerprint density at radius 2 is 1.58 bits per heavy atom. The van der Waals surface area contributed by atoms with Gasteiger partial charge in [0.25, 0.3) is 0 Å². The minimum Gasteiger partial charge on any atom is -0.495 e. The van der Waals surface area contributed by atoms with Crippen LogP contribution >= 0.6 is 0 Å². The Kier molecular flexibility index (Phi) is 8.50. The Morgan fingerprint density at radius 3 is 2.25 bits per heavy atom. The van der Waals surface area contributed by atoms with Gasteiger partial charge in [-0.05, 0) is 55.8 Å². The summed E-state index contributed by atoms with van der Waals surface area (Å²) in [6.45, 7) is 8.04. The summed E-state index contributed by atoms with van der Waals surface area (Å²) in [4.78, 5) is 25.9. The first-order valence-corrected chi connectivity index (χ1v) is 12.1. The van der Waals surface area contributed by atoms with E-state index >= 15 is 0 Å². The number of methoxy groups -OCH3 is 1. The van der Waals surface area contributed by atoms with Crippen LogP contribution in [0.25, 0.3) is 0 Å². The van der Waals surface area contributed by atoms with Gasteiger partial charge < -0.3 is 29.3 Å². The van der Waals surface area contributed by atoms with Crippen molar-refractivity contribution in [1.82, 2.24) is 9.80 Å². The summed E-state index contributed by atoms with van der Waals surface area (Å²) in [5.41, 5.74) is 2.53. The van der Waals surface area contributed by atoms with Gasteiger partial charge in [-0.2, -0.15) is 0 Å². The van der Waals surface area contributed by atoms with E-state index in [9.17, 15) is 0 Å². The fourth-order valence-electron chi connectivity index (χ4n) is 4.96. The molecular weight excluding hydrogens is 466 g/mol. The minimum atomic E-state index is -1.82. The number of piperidine rings is 1. The van der Waals surface area contributed by atoms with E-state index in [1.165, 1.54) is 24.1 Å². The molecule has 36 heavy (non-hydrogen) atoms. The largest absolute Gasteiger partial charge is 0.495 e. The summed E-state index contributed by atoms with van der Waals surface area (Å²) in [6.07, 6.45) is 2.50. The van der Waals surface area contributed by atoms with E-state index in [1.807, 2.05) is 12.1 Å². The first-order chi connectivity index (χ1) is 17.4. The highest BCUT2D eigenvalue weighted by molar-refractivity contribution is 6.27. The van der Waals surface area contributed by atoms with Gasteiger partial charge in [-0.25, -0.2) is 9.59 Å². The molecule has 2 fully saturated rings. The maximum Gasteiger partial charge on any atom is 0.414 e. The highest BCUT2D eigenvalue weighted by Crippen LogP contribution is 2.33. The van der Waals surface area contributed by atoms with Crippen molar-refractivity contribution in [2.24, 2.45) is 0 Å². The van der Waals surface area contributed by atoms with Crippen molar-refractivity contribution < 1.29 is 34.0 Å². The van der Waals surface area contributed by atoms with Gasteiger partial charge in [-0.15, -0.1) is 0 Å². The van der Waals surface area contributed by atoms with Crippen molar-refractivity contribution in [3.8, 4) is 17.2 Å². The number of hydrogen-bond donors (Lipinski definition) is 2. The van der Waals surface area contributed by atoms with Gasteiger partial charge >= 0.3 is 11.9 Å². The van der Waals surface area contributed by atoms with Gasteiger partial charge in [-0.1, -0.05) is 18.2 Å². The lowest BCUT2D eigenvalue weighted by Crippen LogP contribution is -2.53. The lowest BCUT2D eigenvalue weighted by atomic mass is 10.0. The molecule has 0 unspecified atom stereocenters. The molecule has 0 aromatic heterocycles. The number of carbonyl (C=O) groups is 2. The number of aliphatic carboxylic acids is 2. The molecule has 2 saturated heterocycles. The summed E-state index contributed by atoms with van der Waals surface area (Å²) in [5, 5.41) is 14.8. The second-order valence-electron chi connectivity index (χ2n) is 9.00. The average Bonchev–Trinajstić information content (AvgIpc) is 3.37. The second-order valence-corrected chi connectivity index (χ2v) is 9.00. The van der Waals surface area contributed by atoms with Gasteiger partial charge in [0.05, 0.1) is 12.8 Å². The number of benzene rings is 2. The van der Waals surface area contributed by atoms with Crippen molar-refractivity contribution in [3.63, 3.8) is 0 Å². The molecule has 0 radical (unpaired) electrons. The van der Waals surface area contributed by atoms with E-state index in [4.69, 9.17) is 34.0 Å². The van der Waals surface area contributed by atoms with E-state index in [-0.39, 0.29) is 0 Å². The smallest absolute Gasteiger partial charge is 0.414 e. The molecule has 0 saturated carbocycles. The van der Waals surface area contributed by atoms with E-state index in [0.29, 0.717) is 12.8 Å². The van der Waals surface area contributed by atoms with Crippen LogP contribution in [0.4, 0.5) is 5.69 Å². The molecule has 2 N–H and O–H groups in total. The van der Waals surface area contributed by atoms with Crippen LogP contribution in [0.2, 0.25) is 0 Å². The topological polar surface area (TPSA) is 112 Å². The van der Waals surface area contributed by atoms with E-state index < -0.39 is 11.9 Å². The predicted molar refractivity (Wildman–Crippen MR) is 133 cm³/mol. The van der Waals surface area contributed by atoms with Gasteiger partial charge in [0.1, 0.15) is 5.75 Å². The van der Waals surface area contributed by atoms with Crippen LogP contribution in [0, 0.1) is 0 Å². The number of hydrogen-bond acceptors (Lipinski definition) is 8. The third kappa shape index (κ3) is 6.38. The van der Waals surface area contributed by atoms with E-state index in [0.717, 1.165) is 63.1 Å². The SMILES string of the molecule is COc1ccccc1N1CCN(C2CCN(Cc3ccc4c(c3)OCO4)CC2)CC1.O=C(O)C(=O)O. The molecule has 0 bridgehead atoms. The molecule has 0 amide bonds. The minimum absolute atomic E-state index is 0.342. The number of para-hydroxylation sites is 2. The number of piperazine rings is 1. The first-order valence-electron chi connectivity index (χ1n) is 12.1. The molecule has 3 aliphatic rings. The molecule has 2 aromatic rings. The van der Waals surface area contributed by atoms with E-state index in [1.54, 1.807) is 7.11 Å². The van der Waals surface area contributed by atoms with Crippen molar-refractivity contribution in [3.05, 3.63) is 48.0 Å². The average molecular weight is 500 g/mol. The number of carboxylic acids is 2. The molecule has 2 aromatic carbocycles. The lowest BCUT2D eigenvalue weighted by Gasteiger charge is -2.43. The van der Waals surface area contributed by atoms with E-state index in [2.05, 4.69) is 45.0 Å². The van der Waals surface area contributed by atoms with Crippen molar-refractivity contribution in [2.75, 3.05) is 58.1 Å². The lowest BCUT2D eigenvalue weighted by molar-refractivity contribution is -0.159. The summed E-state index contributed by atoms with van der Waals surface area (Å²) in [7, 11) is 1.76. The van der Waals surface area contributed by atoms with Gasteiger partial charge in [0.2, 0.25) is 6.79 Å². The molecule has 3 heterocycles. The maximum absolute atomic E-state index is 9.10. The number of anilines is 1. The number of ether oxygens (including phenoxy) is 3.